The van der Waals surface area contributed by atoms with Crippen molar-refractivity contribution in [3.05, 3.63) is 70.9 Å². The Labute approximate surface area is 223 Å². The average molecular weight is 547 g/mol. The Hall–Kier alpha value is -4.09. The molecule has 0 aliphatic rings. The van der Waals surface area contributed by atoms with Gasteiger partial charge in [-0.1, -0.05) is 48.0 Å². The van der Waals surface area contributed by atoms with Crippen molar-refractivity contribution in [2.75, 3.05) is 20.5 Å². The van der Waals surface area contributed by atoms with Crippen LogP contribution in [0.5, 0.6) is 5.88 Å². The van der Waals surface area contributed by atoms with Gasteiger partial charge in [0.05, 0.1) is 19.8 Å². The number of halogens is 1. The maximum absolute atomic E-state index is 12.7. The topological polar surface area (TPSA) is 146 Å². The van der Waals surface area contributed by atoms with Crippen LogP contribution in [0, 0.1) is 0 Å². The smallest absolute Gasteiger partial charge is 0.479 e. The van der Waals surface area contributed by atoms with Crippen LogP contribution in [-0.4, -0.2) is 61.0 Å². The Bertz CT molecular complexity index is 1230. The van der Waals surface area contributed by atoms with E-state index in [1.807, 2.05) is 42.5 Å². The minimum atomic E-state index is -1.62. The maximum Gasteiger partial charge on any atom is 0.511 e. The van der Waals surface area contributed by atoms with Gasteiger partial charge in [0.2, 0.25) is 12.6 Å². The molecule has 0 radical (unpaired) electrons. The van der Waals surface area contributed by atoms with E-state index in [4.69, 9.17) is 25.6 Å². The third-order valence-corrected chi connectivity index (χ3v) is 5.51. The van der Waals surface area contributed by atoms with Crippen LogP contribution in [0.2, 0.25) is 5.02 Å². The summed E-state index contributed by atoms with van der Waals surface area (Å²) in [6, 6.07) is 15.5. The monoisotopic (exact) mass is 546 g/mol. The molecule has 2 N–H and O–H groups in total. The van der Waals surface area contributed by atoms with Crippen molar-refractivity contribution in [3.63, 3.8) is 0 Å². The molecule has 0 aliphatic carbocycles. The Morgan fingerprint density at radius 1 is 1.05 bits per heavy atom. The second kappa shape index (κ2) is 14.0. The van der Waals surface area contributed by atoms with Gasteiger partial charge in [-0.15, -0.1) is 0 Å². The summed E-state index contributed by atoms with van der Waals surface area (Å²) in [5.74, 6) is -1.64. The molecule has 2 aromatic carbocycles. The lowest BCUT2D eigenvalue weighted by molar-refractivity contribution is -0.163. The summed E-state index contributed by atoms with van der Waals surface area (Å²) in [6.07, 6.45) is -2.58. The lowest BCUT2D eigenvalue weighted by Gasteiger charge is -2.21. The predicted molar refractivity (Wildman–Crippen MR) is 135 cm³/mol. The van der Waals surface area contributed by atoms with Crippen LogP contribution in [0.25, 0.3) is 11.1 Å². The molecule has 0 unspecified atom stereocenters. The van der Waals surface area contributed by atoms with Crippen molar-refractivity contribution in [2.45, 2.75) is 31.9 Å². The van der Waals surface area contributed by atoms with Gasteiger partial charge < -0.3 is 33.9 Å². The van der Waals surface area contributed by atoms with Crippen LogP contribution < -0.4 is 10.1 Å². The highest BCUT2D eigenvalue weighted by Crippen LogP contribution is 2.23. The van der Waals surface area contributed by atoms with Crippen LogP contribution >= 0.6 is 11.6 Å². The second-order valence-corrected chi connectivity index (χ2v) is 8.41. The van der Waals surface area contributed by atoms with Crippen molar-refractivity contribution >= 4 is 29.6 Å². The zero-order chi connectivity index (χ0) is 27.5. The zero-order valence-electron chi connectivity index (χ0n) is 20.7. The van der Waals surface area contributed by atoms with Crippen molar-refractivity contribution in [2.24, 2.45) is 0 Å². The average Bonchev–Trinajstić information content (AvgIpc) is 3.39. The number of aliphatic hydroxyl groups is 1. The summed E-state index contributed by atoms with van der Waals surface area (Å²) in [5, 5.41) is 17.4. The number of aromatic nitrogens is 1. The number of nitrogens with zero attached hydrogens (tertiary/aromatic N) is 1. The Morgan fingerprint density at radius 2 is 1.82 bits per heavy atom. The van der Waals surface area contributed by atoms with E-state index in [0.29, 0.717) is 5.02 Å². The summed E-state index contributed by atoms with van der Waals surface area (Å²) < 4.78 is 23.8. The number of esters is 1. The molecule has 0 bridgehead atoms. The first kappa shape index (κ1) is 28.5. The minimum Gasteiger partial charge on any atom is -0.479 e. The number of rotatable bonds is 12. The number of carbonyl (C=O) groups is 3. The van der Waals surface area contributed by atoms with Crippen molar-refractivity contribution in [1.29, 1.82) is 0 Å². The third kappa shape index (κ3) is 8.49. The molecule has 1 heterocycles. The number of benzene rings is 2. The molecule has 3 rings (SSSR count). The fourth-order valence-corrected chi connectivity index (χ4v) is 3.65. The highest BCUT2D eigenvalue weighted by molar-refractivity contribution is 6.30. The van der Waals surface area contributed by atoms with E-state index in [1.165, 1.54) is 13.2 Å². The van der Waals surface area contributed by atoms with Gasteiger partial charge >= 0.3 is 12.1 Å². The number of hydrogen-bond acceptors (Lipinski definition) is 10. The molecule has 12 heteroatoms. The first-order chi connectivity index (χ1) is 18.3. The SMILES string of the molecule is CCOC(=O)OCOC(=O)[C@H](O)C[C@@H](Cc1ccc(-c2cccc(Cl)c2)cc1)NC(=O)c1cc(OC)no1. The Kier molecular flexibility index (Phi) is 10.5. The van der Waals surface area contributed by atoms with E-state index in [2.05, 4.69) is 19.9 Å². The fourth-order valence-electron chi connectivity index (χ4n) is 3.45. The summed E-state index contributed by atoms with van der Waals surface area (Å²) in [7, 11) is 1.38. The second-order valence-electron chi connectivity index (χ2n) is 7.98. The number of hydrogen-bond donors (Lipinski definition) is 2. The van der Waals surface area contributed by atoms with Crippen molar-refractivity contribution < 1.29 is 43.0 Å². The molecular formula is C26H27ClN2O9. The molecular weight excluding hydrogens is 520 g/mol. The van der Waals surface area contributed by atoms with Gasteiger partial charge in [0, 0.05) is 17.5 Å². The third-order valence-electron chi connectivity index (χ3n) is 5.27. The molecule has 11 nitrogen and oxygen atoms in total. The fraction of sp³-hybridized carbons (Fsp3) is 0.308. The largest absolute Gasteiger partial charge is 0.511 e. The first-order valence-electron chi connectivity index (χ1n) is 11.6. The van der Waals surface area contributed by atoms with E-state index in [9.17, 15) is 19.5 Å². The molecule has 38 heavy (non-hydrogen) atoms. The molecule has 0 saturated carbocycles. The van der Waals surface area contributed by atoms with Gasteiger partial charge in [-0.2, -0.15) is 0 Å². The summed E-state index contributed by atoms with van der Waals surface area (Å²) in [5.41, 5.74) is 2.70. The number of carbonyl (C=O) groups excluding carboxylic acids is 3. The molecule has 202 valence electrons. The molecule has 2 atom stereocenters. The lowest BCUT2D eigenvalue weighted by Crippen LogP contribution is -2.41. The van der Waals surface area contributed by atoms with Gasteiger partial charge in [-0.25, -0.2) is 9.59 Å². The van der Waals surface area contributed by atoms with Gasteiger partial charge in [0.15, 0.2) is 6.10 Å². The minimum absolute atomic E-state index is 0.0912. The van der Waals surface area contributed by atoms with Crippen molar-refractivity contribution in [3.8, 4) is 17.0 Å². The van der Waals surface area contributed by atoms with Crippen LogP contribution in [0.15, 0.2) is 59.1 Å². The molecule has 0 aliphatic heterocycles. The maximum atomic E-state index is 12.7. The number of ether oxygens (including phenoxy) is 4. The first-order valence-corrected chi connectivity index (χ1v) is 12.0. The van der Waals surface area contributed by atoms with E-state index in [0.717, 1.165) is 16.7 Å². The molecule has 1 amide bonds. The molecule has 0 fully saturated rings. The molecule has 0 saturated heterocycles. The van der Waals surface area contributed by atoms with E-state index < -0.39 is 37.0 Å². The Balaban J connectivity index is 1.68. The van der Waals surface area contributed by atoms with Crippen LogP contribution in [-0.2, 0) is 25.4 Å². The van der Waals surface area contributed by atoms with Gasteiger partial charge in [-0.05, 0) is 47.3 Å². The highest BCUT2D eigenvalue weighted by atomic mass is 35.5. The standard InChI is InChI=1S/C26H27ClN2O9/c1-3-35-26(33)37-15-36-25(32)21(30)13-20(28-24(31)22-14-23(34-2)29-38-22)11-16-7-9-17(10-8-16)18-5-4-6-19(27)12-18/h4-10,12,14,20-21,30H,3,11,13,15H2,1-2H3,(H,28,31)/t20-,21-/m1/s1. The van der Waals surface area contributed by atoms with Crippen LogP contribution in [0.1, 0.15) is 29.5 Å². The quantitative estimate of drug-likeness (QED) is 0.254. The normalized spacial score (nSPS) is 12.2. The summed E-state index contributed by atoms with van der Waals surface area (Å²) >= 11 is 6.09. The number of amides is 1. The zero-order valence-corrected chi connectivity index (χ0v) is 21.5. The Morgan fingerprint density at radius 3 is 2.47 bits per heavy atom. The summed E-state index contributed by atoms with van der Waals surface area (Å²) in [6.45, 7) is 0.952. The van der Waals surface area contributed by atoms with Gasteiger partial charge in [0.25, 0.3) is 11.8 Å². The number of aliphatic hydroxyl groups excluding tert-OH is 1. The molecule has 1 aromatic heterocycles. The lowest BCUT2D eigenvalue weighted by atomic mass is 9.97. The van der Waals surface area contributed by atoms with Gasteiger partial charge in [-0.3, -0.25) is 4.79 Å². The summed E-state index contributed by atoms with van der Waals surface area (Å²) in [4.78, 5) is 36.2. The molecule has 0 spiro atoms. The van der Waals surface area contributed by atoms with E-state index >= 15 is 0 Å². The van der Waals surface area contributed by atoms with Crippen LogP contribution in [0.3, 0.4) is 0 Å². The highest BCUT2D eigenvalue weighted by Gasteiger charge is 2.26. The predicted octanol–water partition coefficient (Wildman–Crippen LogP) is 3.77. The van der Waals surface area contributed by atoms with Crippen LogP contribution in [0.4, 0.5) is 4.79 Å². The van der Waals surface area contributed by atoms with E-state index in [-0.39, 0.29) is 31.1 Å². The number of nitrogens with one attached hydrogen (secondary N) is 1. The van der Waals surface area contributed by atoms with Gasteiger partial charge in [0.1, 0.15) is 0 Å². The molecule has 3 aromatic rings. The van der Waals surface area contributed by atoms with Crippen molar-refractivity contribution in [1.82, 2.24) is 10.5 Å². The van der Waals surface area contributed by atoms with E-state index in [1.54, 1.807) is 13.0 Å². The number of methoxy groups -OCH3 is 1.